The van der Waals surface area contributed by atoms with E-state index in [2.05, 4.69) is 70.3 Å². The van der Waals surface area contributed by atoms with Gasteiger partial charge < -0.3 is 21.5 Å². The number of anilines is 4. The second-order valence-electron chi connectivity index (χ2n) is 12.3. The molecule has 1 fully saturated rings. The first-order valence-electron chi connectivity index (χ1n) is 14.1. The lowest BCUT2D eigenvalue weighted by atomic mass is 9.96. The van der Waals surface area contributed by atoms with Gasteiger partial charge in [0.2, 0.25) is 0 Å². The fourth-order valence-electron chi connectivity index (χ4n) is 5.49. The van der Waals surface area contributed by atoms with Gasteiger partial charge in [0.1, 0.15) is 11.6 Å². The zero-order chi connectivity index (χ0) is 30.5. The van der Waals surface area contributed by atoms with Crippen LogP contribution in [0.3, 0.4) is 0 Å². The minimum absolute atomic E-state index is 0.0289. The Balaban J connectivity index is 1.47. The van der Waals surface area contributed by atoms with Gasteiger partial charge in [-0.3, -0.25) is 15.0 Å². The maximum Gasteiger partial charge on any atom is 0.262 e. The molecule has 2 aliphatic heterocycles. The molecule has 0 bridgehead atoms. The monoisotopic (exact) mass is 584 g/mol. The molecule has 2 aromatic carbocycles. The van der Waals surface area contributed by atoms with Crippen LogP contribution in [0.15, 0.2) is 48.4 Å². The summed E-state index contributed by atoms with van der Waals surface area (Å²) < 4.78 is 28.0. The van der Waals surface area contributed by atoms with Crippen LogP contribution in [0.1, 0.15) is 56.3 Å². The van der Waals surface area contributed by atoms with Gasteiger partial charge in [0.05, 0.1) is 45.4 Å². The molecule has 1 atom stereocenters. The molecule has 6 rings (SSSR count). The van der Waals surface area contributed by atoms with Crippen LogP contribution in [0.2, 0.25) is 0 Å². The van der Waals surface area contributed by atoms with E-state index < -0.39 is 18.0 Å². The summed E-state index contributed by atoms with van der Waals surface area (Å²) in [6.07, 6.45) is 7.45. The van der Waals surface area contributed by atoms with E-state index in [0.717, 1.165) is 22.6 Å². The standard InChI is InChI=1S/C31H34F2N10/c1-6-18-15-35-26-19(14-34)12-20(13-22(26)25(18)36-17-30(2,3)4)37-27(21-8-7-9-23-28(21)42(5)40-38-23)24-16-43(41-39-24)31(10-11-31)29(32)33/h1,7-9,12-13,15-16,27,29,37-41H,10-11,17H2,2-5H3,(H,35,36)/t27-/m0/s1. The summed E-state index contributed by atoms with van der Waals surface area (Å²) in [5.74, 6) is 2.72. The maximum atomic E-state index is 14.0. The molecular weight excluding hydrogens is 550 g/mol. The number of nitrogens with one attached hydrogen (secondary N) is 6. The Morgan fingerprint density at radius 1 is 1.16 bits per heavy atom. The summed E-state index contributed by atoms with van der Waals surface area (Å²) in [5, 5.41) is 21.3. The van der Waals surface area contributed by atoms with Crippen LogP contribution in [-0.4, -0.2) is 35.5 Å². The topological polar surface area (TPSA) is 115 Å². The number of halogens is 2. The van der Waals surface area contributed by atoms with E-state index in [1.807, 2.05) is 36.3 Å². The molecule has 1 aliphatic carbocycles. The zero-order valence-electron chi connectivity index (χ0n) is 24.4. The molecule has 3 heterocycles. The SMILES string of the molecule is C#Cc1cnc2c(C#N)cc(N[C@H](C3=CN(C4(C(F)F)CC4)NN3)c3cccc4c3N(C)NN4)cc2c1NCC(C)(C)C. The van der Waals surface area contributed by atoms with Crippen LogP contribution in [-0.2, 0) is 0 Å². The van der Waals surface area contributed by atoms with E-state index in [9.17, 15) is 14.0 Å². The van der Waals surface area contributed by atoms with Crippen molar-refractivity contribution in [2.45, 2.75) is 51.6 Å². The van der Waals surface area contributed by atoms with Crippen molar-refractivity contribution in [1.29, 1.82) is 5.26 Å². The molecule has 1 aromatic heterocycles. The third-order valence-electron chi connectivity index (χ3n) is 7.97. The molecule has 3 aromatic rings. The van der Waals surface area contributed by atoms with E-state index in [0.29, 0.717) is 52.8 Å². The maximum absolute atomic E-state index is 14.0. The molecule has 6 N–H and O–H groups in total. The van der Waals surface area contributed by atoms with Gasteiger partial charge in [0.25, 0.3) is 6.43 Å². The van der Waals surface area contributed by atoms with Crippen LogP contribution in [0.4, 0.5) is 31.5 Å². The van der Waals surface area contributed by atoms with Gasteiger partial charge in [-0.05, 0) is 36.5 Å². The number of terminal acetylenes is 1. The van der Waals surface area contributed by atoms with E-state index >= 15 is 0 Å². The Labute approximate surface area is 249 Å². The molecule has 43 heavy (non-hydrogen) atoms. The van der Waals surface area contributed by atoms with Crippen molar-refractivity contribution in [2.75, 3.05) is 34.7 Å². The van der Waals surface area contributed by atoms with Gasteiger partial charge in [0.15, 0.2) is 0 Å². The zero-order valence-corrected chi connectivity index (χ0v) is 24.4. The summed E-state index contributed by atoms with van der Waals surface area (Å²) in [6.45, 7) is 7.01. The number of pyridine rings is 1. The van der Waals surface area contributed by atoms with Gasteiger partial charge in [-0.15, -0.1) is 17.5 Å². The normalized spacial score (nSPS) is 17.5. The van der Waals surface area contributed by atoms with Gasteiger partial charge >= 0.3 is 0 Å². The van der Waals surface area contributed by atoms with E-state index in [4.69, 9.17) is 6.42 Å². The highest BCUT2D eigenvalue weighted by Gasteiger charge is 2.56. The Morgan fingerprint density at radius 3 is 2.63 bits per heavy atom. The fraction of sp³-hybridized carbons (Fsp3) is 0.355. The van der Waals surface area contributed by atoms with Crippen molar-refractivity contribution in [1.82, 2.24) is 26.5 Å². The number of para-hydroxylation sites is 1. The highest BCUT2D eigenvalue weighted by Crippen LogP contribution is 2.48. The second-order valence-corrected chi connectivity index (χ2v) is 12.3. The van der Waals surface area contributed by atoms with Crippen molar-refractivity contribution >= 4 is 33.7 Å². The lowest BCUT2D eigenvalue weighted by molar-refractivity contribution is 0.00911. The largest absolute Gasteiger partial charge is 0.383 e. The first-order chi connectivity index (χ1) is 20.5. The molecule has 0 unspecified atom stereocenters. The number of hydrazine groups is 4. The Hall–Kier alpha value is -4.78. The van der Waals surface area contributed by atoms with Crippen molar-refractivity contribution in [3.8, 4) is 18.4 Å². The second kappa shape index (κ2) is 10.5. The molecule has 12 heteroatoms. The smallest absolute Gasteiger partial charge is 0.262 e. The average molecular weight is 585 g/mol. The highest BCUT2D eigenvalue weighted by atomic mass is 19.3. The molecule has 222 valence electrons. The Kier molecular flexibility index (Phi) is 6.92. The summed E-state index contributed by atoms with van der Waals surface area (Å²) in [5.41, 5.74) is 17.2. The quantitative estimate of drug-likeness (QED) is 0.203. The average Bonchev–Trinajstić information content (AvgIpc) is 3.50. The number of alkyl halides is 2. The third kappa shape index (κ3) is 5.09. The lowest BCUT2D eigenvalue weighted by Crippen LogP contribution is -2.48. The van der Waals surface area contributed by atoms with Crippen molar-refractivity contribution < 1.29 is 8.78 Å². The molecule has 0 spiro atoms. The predicted octanol–water partition coefficient (Wildman–Crippen LogP) is 4.94. The van der Waals surface area contributed by atoms with Gasteiger partial charge in [-0.25, -0.2) is 8.78 Å². The van der Waals surface area contributed by atoms with Crippen LogP contribution in [0.25, 0.3) is 10.9 Å². The summed E-state index contributed by atoms with van der Waals surface area (Å²) in [7, 11) is 1.89. The first-order valence-corrected chi connectivity index (χ1v) is 14.1. The summed E-state index contributed by atoms with van der Waals surface area (Å²) in [4.78, 5) is 4.53. The molecule has 0 saturated heterocycles. The third-order valence-corrected chi connectivity index (χ3v) is 7.97. The number of fused-ring (bicyclic) bond motifs is 2. The van der Waals surface area contributed by atoms with Crippen molar-refractivity contribution in [2.24, 2.45) is 5.41 Å². The molecule has 0 radical (unpaired) electrons. The van der Waals surface area contributed by atoms with Crippen LogP contribution >= 0.6 is 0 Å². The minimum atomic E-state index is -2.50. The van der Waals surface area contributed by atoms with Crippen LogP contribution in [0.5, 0.6) is 0 Å². The van der Waals surface area contributed by atoms with E-state index in [1.54, 1.807) is 18.5 Å². The minimum Gasteiger partial charge on any atom is -0.383 e. The number of benzene rings is 2. The van der Waals surface area contributed by atoms with E-state index in [-0.39, 0.29) is 5.41 Å². The van der Waals surface area contributed by atoms with Crippen LogP contribution in [0, 0.1) is 29.1 Å². The number of nitriles is 1. The molecule has 0 amide bonds. The Morgan fingerprint density at radius 2 is 1.95 bits per heavy atom. The van der Waals surface area contributed by atoms with E-state index in [1.165, 1.54) is 5.01 Å². The summed E-state index contributed by atoms with van der Waals surface area (Å²) >= 11 is 0. The number of aromatic nitrogens is 1. The van der Waals surface area contributed by atoms with Crippen molar-refractivity contribution in [3.05, 3.63) is 65.1 Å². The lowest BCUT2D eigenvalue weighted by Gasteiger charge is -2.26. The van der Waals surface area contributed by atoms with Gasteiger partial charge in [-0.1, -0.05) is 38.8 Å². The fourth-order valence-corrected chi connectivity index (χ4v) is 5.49. The molecule has 10 nitrogen and oxygen atoms in total. The Bertz CT molecular complexity index is 1690. The van der Waals surface area contributed by atoms with Crippen molar-refractivity contribution in [3.63, 3.8) is 0 Å². The number of hydrogen-bond donors (Lipinski definition) is 6. The molecular formula is C31H34F2N10. The number of rotatable bonds is 8. The first kappa shape index (κ1) is 28.3. The number of hydrogen-bond acceptors (Lipinski definition) is 10. The number of nitrogens with zero attached hydrogens (tertiary/aromatic N) is 4. The predicted molar refractivity (Wildman–Crippen MR) is 164 cm³/mol. The molecule has 1 saturated carbocycles. The highest BCUT2D eigenvalue weighted by molar-refractivity contribution is 5.99. The van der Waals surface area contributed by atoms with Gasteiger partial charge in [-0.2, -0.15) is 5.26 Å². The summed E-state index contributed by atoms with van der Waals surface area (Å²) in [6, 6.07) is 11.3. The van der Waals surface area contributed by atoms with Crippen LogP contribution < -0.4 is 37.6 Å². The molecule has 3 aliphatic rings. The van der Waals surface area contributed by atoms with Gasteiger partial charge in [0, 0.05) is 42.6 Å².